The summed E-state index contributed by atoms with van der Waals surface area (Å²) in [7, 11) is 0. The number of imidazole rings is 1. The van der Waals surface area contributed by atoms with Crippen LogP contribution >= 0.6 is 0 Å². The van der Waals surface area contributed by atoms with Crippen molar-refractivity contribution < 1.29 is 27.1 Å². The molecule has 0 saturated carbocycles. The van der Waals surface area contributed by atoms with Crippen molar-refractivity contribution in [1.82, 2.24) is 14.4 Å². The third-order valence-corrected chi connectivity index (χ3v) is 3.58. The number of anilines is 1. The zero-order chi connectivity index (χ0) is 19.6. The summed E-state index contributed by atoms with van der Waals surface area (Å²) in [5.41, 5.74) is -0.722. The van der Waals surface area contributed by atoms with Crippen LogP contribution in [0.4, 0.5) is 23.4 Å². The molecular formula is C17H14F4N4O2. The van der Waals surface area contributed by atoms with Crippen molar-refractivity contribution in [2.24, 2.45) is 0 Å². The smallest absolute Gasteiger partial charge is 0.281 e. The molecule has 27 heavy (non-hydrogen) atoms. The summed E-state index contributed by atoms with van der Waals surface area (Å²) >= 11 is 0. The first-order chi connectivity index (χ1) is 12.9. The second kappa shape index (κ2) is 7.60. The number of carbonyl (C=O) groups excluding carboxylic acids is 1. The maximum absolute atomic E-state index is 12.8. The number of alkyl halides is 4. The molecule has 3 aromatic heterocycles. The lowest BCUT2D eigenvalue weighted by Crippen LogP contribution is -2.16. The molecule has 142 valence electrons. The lowest BCUT2D eigenvalue weighted by molar-refractivity contribution is 0.102. The standard InChI is InChI=1S/C17H14F4N4O2/c1-2-27-12-6-14-23-11(16(20)21)8-25(14)7-9(12)17(26)24-13-5-3-4-10(22-13)15(18)19/h3-8,15-16H,2H2,1H3,(H,22,24,26). The Labute approximate surface area is 150 Å². The zero-order valence-electron chi connectivity index (χ0n) is 14.0. The van der Waals surface area contributed by atoms with E-state index in [0.717, 1.165) is 12.3 Å². The number of rotatable bonds is 6. The Morgan fingerprint density at radius 1 is 1.15 bits per heavy atom. The van der Waals surface area contributed by atoms with Gasteiger partial charge in [-0.2, -0.15) is 0 Å². The number of nitrogens with zero attached hydrogens (tertiary/aromatic N) is 3. The van der Waals surface area contributed by atoms with Gasteiger partial charge in [-0.1, -0.05) is 6.07 Å². The van der Waals surface area contributed by atoms with Gasteiger partial charge >= 0.3 is 0 Å². The summed E-state index contributed by atoms with van der Waals surface area (Å²) in [6, 6.07) is 5.18. The van der Waals surface area contributed by atoms with Crippen molar-refractivity contribution in [2.75, 3.05) is 11.9 Å². The maximum Gasteiger partial charge on any atom is 0.281 e. The first kappa shape index (κ1) is 18.6. The van der Waals surface area contributed by atoms with Gasteiger partial charge in [0.25, 0.3) is 18.8 Å². The van der Waals surface area contributed by atoms with E-state index in [1.54, 1.807) is 6.92 Å². The summed E-state index contributed by atoms with van der Waals surface area (Å²) in [5.74, 6) is -0.635. The zero-order valence-corrected chi connectivity index (χ0v) is 14.0. The minimum absolute atomic E-state index is 0.0202. The highest BCUT2D eigenvalue weighted by atomic mass is 19.3. The van der Waals surface area contributed by atoms with Gasteiger partial charge < -0.3 is 14.5 Å². The normalized spacial score (nSPS) is 11.4. The first-order valence-corrected chi connectivity index (χ1v) is 7.89. The Morgan fingerprint density at radius 2 is 1.89 bits per heavy atom. The topological polar surface area (TPSA) is 68.5 Å². The largest absolute Gasteiger partial charge is 0.493 e. The number of hydrogen-bond donors (Lipinski definition) is 1. The molecule has 0 spiro atoms. The molecule has 0 aliphatic rings. The van der Waals surface area contributed by atoms with E-state index in [1.807, 2.05) is 0 Å². The molecule has 3 heterocycles. The minimum Gasteiger partial charge on any atom is -0.493 e. The van der Waals surface area contributed by atoms with Gasteiger partial charge in [0.05, 0.1) is 12.2 Å². The highest BCUT2D eigenvalue weighted by Gasteiger charge is 2.19. The number of pyridine rings is 2. The second-order valence-corrected chi connectivity index (χ2v) is 5.42. The third-order valence-electron chi connectivity index (χ3n) is 3.58. The minimum atomic E-state index is -2.78. The molecule has 0 radical (unpaired) electrons. The van der Waals surface area contributed by atoms with Crippen LogP contribution in [0.2, 0.25) is 0 Å². The number of aromatic nitrogens is 3. The predicted molar refractivity (Wildman–Crippen MR) is 88.5 cm³/mol. The van der Waals surface area contributed by atoms with Crippen molar-refractivity contribution in [3.63, 3.8) is 0 Å². The van der Waals surface area contributed by atoms with E-state index in [1.165, 1.54) is 28.8 Å². The Hall–Kier alpha value is -3.17. The molecule has 0 aliphatic carbocycles. The molecule has 0 fully saturated rings. The van der Waals surface area contributed by atoms with Crippen LogP contribution in [0, 0.1) is 0 Å². The molecule has 3 aromatic rings. The Bertz CT molecular complexity index is 975. The van der Waals surface area contributed by atoms with Crippen molar-refractivity contribution in [1.29, 1.82) is 0 Å². The molecule has 0 aliphatic heterocycles. The first-order valence-electron chi connectivity index (χ1n) is 7.89. The Kier molecular flexibility index (Phi) is 5.24. The van der Waals surface area contributed by atoms with E-state index in [2.05, 4.69) is 15.3 Å². The van der Waals surface area contributed by atoms with Gasteiger partial charge in [0.2, 0.25) is 0 Å². The Balaban J connectivity index is 1.96. The lowest BCUT2D eigenvalue weighted by atomic mass is 10.2. The number of fused-ring (bicyclic) bond motifs is 1. The van der Waals surface area contributed by atoms with Crippen molar-refractivity contribution in [2.45, 2.75) is 19.8 Å². The molecule has 0 bridgehead atoms. The number of hydrogen-bond acceptors (Lipinski definition) is 4. The number of nitrogens with one attached hydrogen (secondary N) is 1. The van der Waals surface area contributed by atoms with Gasteiger partial charge in [0, 0.05) is 18.5 Å². The van der Waals surface area contributed by atoms with Crippen LogP contribution in [-0.4, -0.2) is 26.9 Å². The molecular weight excluding hydrogens is 368 g/mol. The van der Waals surface area contributed by atoms with Crippen LogP contribution in [0.1, 0.15) is 41.5 Å². The van der Waals surface area contributed by atoms with Gasteiger partial charge in [0.15, 0.2) is 0 Å². The van der Waals surface area contributed by atoms with E-state index in [0.29, 0.717) is 0 Å². The molecule has 10 heteroatoms. The molecule has 6 nitrogen and oxygen atoms in total. The predicted octanol–water partition coefficient (Wildman–Crippen LogP) is 4.26. The average Bonchev–Trinajstić information content (AvgIpc) is 3.05. The van der Waals surface area contributed by atoms with E-state index >= 15 is 0 Å². The van der Waals surface area contributed by atoms with E-state index in [9.17, 15) is 22.4 Å². The van der Waals surface area contributed by atoms with E-state index < -0.39 is 30.1 Å². The molecule has 0 aromatic carbocycles. The van der Waals surface area contributed by atoms with Gasteiger partial charge in [-0.25, -0.2) is 27.5 Å². The molecule has 1 amide bonds. The SMILES string of the molecule is CCOc1cc2nc(C(F)F)cn2cc1C(=O)Nc1cccc(C(F)F)n1. The van der Waals surface area contributed by atoms with Crippen molar-refractivity contribution >= 4 is 17.4 Å². The molecule has 3 rings (SSSR count). The van der Waals surface area contributed by atoms with Crippen molar-refractivity contribution in [3.05, 3.63) is 53.6 Å². The van der Waals surface area contributed by atoms with Crippen LogP contribution < -0.4 is 10.1 Å². The number of halogens is 4. The van der Waals surface area contributed by atoms with Gasteiger partial charge in [-0.05, 0) is 19.1 Å². The highest BCUT2D eigenvalue weighted by Crippen LogP contribution is 2.25. The fraction of sp³-hybridized carbons (Fsp3) is 0.235. The highest BCUT2D eigenvalue weighted by molar-refractivity contribution is 6.05. The molecule has 0 unspecified atom stereocenters. The summed E-state index contributed by atoms with van der Waals surface area (Å²) in [4.78, 5) is 20.0. The summed E-state index contributed by atoms with van der Waals surface area (Å²) in [5, 5.41) is 2.40. The fourth-order valence-corrected chi connectivity index (χ4v) is 2.41. The van der Waals surface area contributed by atoms with E-state index in [4.69, 9.17) is 4.74 Å². The van der Waals surface area contributed by atoms with E-state index in [-0.39, 0.29) is 29.4 Å². The molecule has 0 atom stereocenters. The summed E-state index contributed by atoms with van der Waals surface area (Å²) in [6.45, 7) is 1.91. The maximum atomic E-state index is 12.8. The van der Waals surface area contributed by atoms with Crippen LogP contribution in [0.25, 0.3) is 5.65 Å². The fourth-order valence-electron chi connectivity index (χ4n) is 2.41. The second-order valence-electron chi connectivity index (χ2n) is 5.42. The van der Waals surface area contributed by atoms with Crippen LogP contribution in [-0.2, 0) is 0 Å². The third kappa shape index (κ3) is 3.99. The van der Waals surface area contributed by atoms with Gasteiger partial charge in [0.1, 0.15) is 28.6 Å². The molecule has 1 N–H and O–H groups in total. The van der Waals surface area contributed by atoms with Gasteiger partial charge in [-0.15, -0.1) is 0 Å². The number of amides is 1. The monoisotopic (exact) mass is 382 g/mol. The number of ether oxygens (including phenoxy) is 1. The summed E-state index contributed by atoms with van der Waals surface area (Å²) < 4.78 is 57.8. The van der Waals surface area contributed by atoms with Gasteiger partial charge in [-0.3, -0.25) is 4.79 Å². The van der Waals surface area contributed by atoms with Crippen LogP contribution in [0.3, 0.4) is 0 Å². The average molecular weight is 382 g/mol. The van der Waals surface area contributed by atoms with Crippen LogP contribution in [0.15, 0.2) is 36.7 Å². The Morgan fingerprint density at radius 3 is 2.56 bits per heavy atom. The van der Waals surface area contributed by atoms with Crippen molar-refractivity contribution in [3.8, 4) is 5.75 Å². The van der Waals surface area contributed by atoms with Crippen LogP contribution in [0.5, 0.6) is 5.75 Å². The number of carbonyl (C=O) groups is 1. The summed E-state index contributed by atoms with van der Waals surface area (Å²) in [6.07, 6.45) is -3.16. The molecule has 0 saturated heterocycles. The lowest BCUT2D eigenvalue weighted by Gasteiger charge is -2.11. The quantitative estimate of drug-likeness (QED) is 0.647.